The van der Waals surface area contributed by atoms with Crippen molar-refractivity contribution in [2.45, 2.75) is 13.8 Å². The van der Waals surface area contributed by atoms with Gasteiger partial charge >= 0.3 is 0 Å². The zero-order valence-corrected chi connectivity index (χ0v) is 13.9. The molecule has 1 aliphatic carbocycles. The maximum absolute atomic E-state index is 12.0. The molecule has 0 unspecified atom stereocenters. The van der Waals surface area contributed by atoms with Gasteiger partial charge < -0.3 is 10.0 Å². The molecule has 0 atom stereocenters. The molecule has 2 aromatic carbocycles. The molecular formula is C20H20N2O2. The van der Waals surface area contributed by atoms with E-state index in [4.69, 9.17) is 0 Å². The van der Waals surface area contributed by atoms with Crippen LogP contribution in [-0.4, -0.2) is 29.7 Å². The number of phenolic OH excluding ortho intramolecular Hbond substituents is 1. The van der Waals surface area contributed by atoms with E-state index in [1.807, 2.05) is 24.3 Å². The van der Waals surface area contributed by atoms with Gasteiger partial charge in [-0.15, -0.1) is 0 Å². The largest absolute Gasteiger partial charge is 0.507 e. The number of phenols is 1. The van der Waals surface area contributed by atoms with Crippen LogP contribution in [0.3, 0.4) is 0 Å². The lowest BCUT2D eigenvalue weighted by atomic mass is 9.93. The average Bonchev–Trinajstić information content (AvgIpc) is 2.60. The number of carbonyl (C=O) groups is 1. The van der Waals surface area contributed by atoms with Crippen molar-refractivity contribution in [3.8, 4) is 5.75 Å². The van der Waals surface area contributed by atoms with E-state index >= 15 is 0 Å². The van der Waals surface area contributed by atoms with Gasteiger partial charge in [0, 0.05) is 24.3 Å². The maximum Gasteiger partial charge on any atom is 0.186 e. The van der Waals surface area contributed by atoms with Gasteiger partial charge in [0.2, 0.25) is 0 Å². The van der Waals surface area contributed by atoms with Crippen LogP contribution in [0.2, 0.25) is 0 Å². The fourth-order valence-electron chi connectivity index (χ4n) is 2.90. The molecule has 0 bridgehead atoms. The van der Waals surface area contributed by atoms with Gasteiger partial charge in [0.1, 0.15) is 5.75 Å². The third-order valence-corrected chi connectivity index (χ3v) is 4.18. The lowest BCUT2D eigenvalue weighted by Gasteiger charge is -2.20. The molecule has 2 aromatic rings. The Morgan fingerprint density at radius 2 is 1.71 bits per heavy atom. The highest BCUT2D eigenvalue weighted by atomic mass is 16.3. The van der Waals surface area contributed by atoms with E-state index in [2.05, 4.69) is 23.7 Å². The molecule has 0 fully saturated rings. The fraction of sp³-hybridized carbons (Fsp3) is 0.200. The number of benzene rings is 2. The summed E-state index contributed by atoms with van der Waals surface area (Å²) < 4.78 is 0. The fourth-order valence-corrected chi connectivity index (χ4v) is 2.90. The molecule has 0 aliphatic heterocycles. The van der Waals surface area contributed by atoms with E-state index < -0.39 is 0 Å². The topological polar surface area (TPSA) is 52.9 Å². The highest BCUT2D eigenvalue weighted by Gasteiger charge is 2.20. The number of nitrogens with zero attached hydrogens (tertiary/aromatic N) is 2. The zero-order valence-electron chi connectivity index (χ0n) is 13.9. The van der Waals surface area contributed by atoms with Crippen LogP contribution in [0.25, 0.3) is 0 Å². The predicted octanol–water partition coefficient (Wildman–Crippen LogP) is 4.11. The SMILES string of the molecule is CCN(CC)c1ccc(N=C2C=CC(=O)c3cccc(O)c32)cc1. The average molecular weight is 320 g/mol. The Balaban J connectivity index is 1.98. The van der Waals surface area contributed by atoms with Gasteiger partial charge in [0.05, 0.1) is 17.0 Å². The van der Waals surface area contributed by atoms with E-state index in [-0.39, 0.29) is 11.5 Å². The minimum absolute atomic E-state index is 0.0729. The van der Waals surface area contributed by atoms with Crippen LogP contribution in [0.15, 0.2) is 59.6 Å². The Morgan fingerprint density at radius 3 is 2.38 bits per heavy atom. The Morgan fingerprint density at radius 1 is 1.00 bits per heavy atom. The highest BCUT2D eigenvalue weighted by Crippen LogP contribution is 2.28. The van der Waals surface area contributed by atoms with Crippen LogP contribution in [0.5, 0.6) is 5.75 Å². The number of aliphatic imine (C=N–C) groups is 1. The molecule has 0 radical (unpaired) electrons. The van der Waals surface area contributed by atoms with E-state index in [1.54, 1.807) is 24.3 Å². The Labute approximate surface area is 141 Å². The molecule has 0 aromatic heterocycles. The molecule has 24 heavy (non-hydrogen) atoms. The first-order valence-corrected chi connectivity index (χ1v) is 8.12. The molecule has 0 heterocycles. The number of carbonyl (C=O) groups excluding carboxylic acids is 1. The number of hydrogen-bond acceptors (Lipinski definition) is 4. The molecule has 4 nitrogen and oxygen atoms in total. The van der Waals surface area contributed by atoms with Crippen LogP contribution >= 0.6 is 0 Å². The van der Waals surface area contributed by atoms with Crippen molar-refractivity contribution in [3.63, 3.8) is 0 Å². The Kier molecular flexibility index (Phi) is 4.47. The Hall–Kier alpha value is -2.88. The van der Waals surface area contributed by atoms with Crippen molar-refractivity contribution >= 4 is 22.9 Å². The molecule has 1 aliphatic rings. The van der Waals surface area contributed by atoms with Crippen molar-refractivity contribution in [3.05, 3.63) is 65.7 Å². The standard InChI is InChI=1S/C20H20N2O2/c1-3-22(4-2)15-10-8-14(9-11-15)21-17-12-13-18(23)16-6-5-7-19(24)20(16)17/h5-13,24H,3-4H2,1-2H3. The number of ketones is 1. The highest BCUT2D eigenvalue weighted by molar-refractivity contribution is 6.25. The number of rotatable bonds is 4. The van der Waals surface area contributed by atoms with Crippen molar-refractivity contribution in [1.29, 1.82) is 0 Å². The number of allylic oxidation sites excluding steroid dienone is 2. The first-order chi connectivity index (χ1) is 11.6. The maximum atomic E-state index is 12.0. The van der Waals surface area contributed by atoms with Crippen molar-refractivity contribution in [1.82, 2.24) is 0 Å². The lowest BCUT2D eigenvalue weighted by molar-refractivity contribution is 0.104. The third-order valence-electron chi connectivity index (χ3n) is 4.18. The molecule has 1 N–H and O–H groups in total. The smallest absolute Gasteiger partial charge is 0.186 e. The minimum atomic E-state index is -0.114. The molecule has 0 saturated heterocycles. The van der Waals surface area contributed by atoms with Gasteiger partial charge in [-0.05, 0) is 56.3 Å². The molecule has 0 spiro atoms. The summed E-state index contributed by atoms with van der Waals surface area (Å²) in [5, 5.41) is 10.1. The van der Waals surface area contributed by atoms with Crippen molar-refractivity contribution in [2.75, 3.05) is 18.0 Å². The van der Waals surface area contributed by atoms with Gasteiger partial charge in [-0.25, -0.2) is 4.99 Å². The summed E-state index contributed by atoms with van der Waals surface area (Å²) in [7, 11) is 0. The van der Waals surface area contributed by atoms with E-state index in [0.717, 1.165) is 24.5 Å². The first-order valence-electron chi connectivity index (χ1n) is 8.12. The summed E-state index contributed by atoms with van der Waals surface area (Å²) >= 11 is 0. The van der Waals surface area contributed by atoms with Crippen LogP contribution in [0.4, 0.5) is 11.4 Å². The second kappa shape index (κ2) is 6.71. The van der Waals surface area contributed by atoms with Crippen LogP contribution < -0.4 is 4.90 Å². The second-order valence-corrected chi connectivity index (χ2v) is 5.58. The van der Waals surface area contributed by atoms with Crippen LogP contribution in [0.1, 0.15) is 29.8 Å². The van der Waals surface area contributed by atoms with E-state index in [1.165, 1.54) is 6.08 Å². The molecule has 3 rings (SSSR count). The van der Waals surface area contributed by atoms with Gasteiger partial charge in [-0.3, -0.25) is 4.79 Å². The van der Waals surface area contributed by atoms with Gasteiger partial charge in [-0.1, -0.05) is 12.1 Å². The first kappa shape index (κ1) is 16.0. The summed E-state index contributed by atoms with van der Waals surface area (Å²) in [6, 6.07) is 12.9. The third kappa shape index (κ3) is 2.95. The van der Waals surface area contributed by atoms with E-state index in [9.17, 15) is 9.90 Å². The molecule has 122 valence electrons. The predicted molar refractivity (Wildman–Crippen MR) is 97.8 cm³/mol. The van der Waals surface area contributed by atoms with Gasteiger partial charge in [-0.2, -0.15) is 0 Å². The number of fused-ring (bicyclic) bond motifs is 1. The molecule has 0 saturated carbocycles. The minimum Gasteiger partial charge on any atom is -0.507 e. The summed E-state index contributed by atoms with van der Waals surface area (Å²) in [4.78, 5) is 18.8. The molecule has 4 heteroatoms. The second-order valence-electron chi connectivity index (χ2n) is 5.58. The molecule has 0 amide bonds. The summed E-state index contributed by atoms with van der Waals surface area (Å²) in [5.74, 6) is -0.0413. The number of aromatic hydroxyl groups is 1. The normalized spacial score (nSPS) is 14.8. The monoisotopic (exact) mass is 320 g/mol. The number of anilines is 1. The summed E-state index contributed by atoms with van der Waals surface area (Å²) in [6.45, 7) is 6.16. The van der Waals surface area contributed by atoms with Crippen LogP contribution in [0, 0.1) is 0 Å². The zero-order chi connectivity index (χ0) is 17.1. The Bertz CT molecular complexity index is 816. The summed E-state index contributed by atoms with van der Waals surface area (Å²) in [6.07, 6.45) is 3.15. The molecular weight excluding hydrogens is 300 g/mol. The van der Waals surface area contributed by atoms with Crippen molar-refractivity contribution < 1.29 is 9.90 Å². The van der Waals surface area contributed by atoms with Crippen LogP contribution in [-0.2, 0) is 0 Å². The van der Waals surface area contributed by atoms with Gasteiger partial charge in [0.25, 0.3) is 0 Å². The quantitative estimate of drug-likeness (QED) is 0.922. The van der Waals surface area contributed by atoms with Gasteiger partial charge in [0.15, 0.2) is 5.78 Å². The summed E-state index contributed by atoms with van der Waals surface area (Å²) in [5.41, 5.74) is 3.52. The number of hydrogen-bond donors (Lipinski definition) is 1. The van der Waals surface area contributed by atoms with E-state index in [0.29, 0.717) is 16.8 Å². The van der Waals surface area contributed by atoms with Crippen molar-refractivity contribution in [2.24, 2.45) is 4.99 Å². The lowest BCUT2D eigenvalue weighted by Crippen LogP contribution is -2.21.